The number of nitrogens with zero attached hydrogens (tertiary/aromatic N) is 1. The Balaban J connectivity index is 1.59. The minimum Gasteiger partial charge on any atom is -0.395 e. The molecular weight excluding hydrogens is 472 g/mol. The zero-order valence-electron chi connectivity index (χ0n) is 18.4. The number of aliphatic hydroxyl groups excluding tert-OH is 1. The van der Waals surface area contributed by atoms with Crippen LogP contribution in [0.1, 0.15) is 46.4 Å². The van der Waals surface area contributed by atoms with E-state index in [0.717, 1.165) is 5.56 Å². The van der Waals surface area contributed by atoms with E-state index in [2.05, 4.69) is 20.6 Å². The van der Waals surface area contributed by atoms with Gasteiger partial charge in [-0.25, -0.2) is 13.4 Å². The van der Waals surface area contributed by atoms with Crippen LogP contribution in [0.15, 0.2) is 30.5 Å². The summed E-state index contributed by atoms with van der Waals surface area (Å²) in [5.41, 5.74) is 0.873. The molecule has 2 aromatic rings. The third kappa shape index (κ3) is 5.21. The van der Waals surface area contributed by atoms with Crippen LogP contribution in [0.25, 0.3) is 0 Å². The molecule has 0 saturated heterocycles. The number of imidazole rings is 1. The second kappa shape index (κ2) is 9.80. The fourth-order valence-electron chi connectivity index (χ4n) is 3.47. The smallest absolute Gasteiger partial charge is 0.287 e. The average molecular weight is 499 g/mol. The van der Waals surface area contributed by atoms with Crippen molar-refractivity contribution >= 4 is 33.3 Å². The SMILES string of the molecule is COCC(C)(CO)S(=O)(=O)C1(CNC(=O)c2cnc(C(=O)NCc3ccc(Cl)cc3)[nH]2)CC1. The average Bonchev–Trinajstić information content (AvgIpc) is 3.44. The molecule has 1 aliphatic rings. The molecule has 4 N–H and O–H groups in total. The van der Waals surface area contributed by atoms with Gasteiger partial charge < -0.3 is 25.5 Å². The second-order valence-corrected chi connectivity index (χ2v) is 11.7. The molecular formula is C21H27ClN4O6S. The lowest BCUT2D eigenvalue weighted by Gasteiger charge is -2.31. The van der Waals surface area contributed by atoms with Gasteiger partial charge in [-0.2, -0.15) is 0 Å². The van der Waals surface area contributed by atoms with E-state index in [0.29, 0.717) is 17.9 Å². The molecule has 1 fully saturated rings. The number of aromatic nitrogens is 2. The summed E-state index contributed by atoms with van der Waals surface area (Å²) in [6.07, 6.45) is 1.95. The number of halogens is 1. The maximum Gasteiger partial charge on any atom is 0.287 e. The number of sulfone groups is 1. The van der Waals surface area contributed by atoms with Gasteiger partial charge in [0.25, 0.3) is 11.8 Å². The van der Waals surface area contributed by atoms with Crippen LogP contribution in [0, 0.1) is 0 Å². The molecule has 33 heavy (non-hydrogen) atoms. The van der Waals surface area contributed by atoms with E-state index in [1.165, 1.54) is 20.2 Å². The fraction of sp³-hybridized carbons (Fsp3) is 0.476. The number of nitrogens with one attached hydrogen (secondary N) is 3. The zero-order valence-corrected chi connectivity index (χ0v) is 19.9. The van der Waals surface area contributed by atoms with Crippen LogP contribution in [0.5, 0.6) is 0 Å². The molecule has 1 aromatic heterocycles. The van der Waals surface area contributed by atoms with Gasteiger partial charge in [0, 0.05) is 25.2 Å². The highest BCUT2D eigenvalue weighted by atomic mass is 35.5. The first-order valence-corrected chi connectivity index (χ1v) is 12.1. The fourth-order valence-corrected chi connectivity index (χ4v) is 5.99. The minimum atomic E-state index is -3.81. The number of H-pyrrole nitrogens is 1. The molecule has 0 bridgehead atoms. The summed E-state index contributed by atoms with van der Waals surface area (Å²) in [6.45, 7) is 0.816. The first-order chi connectivity index (χ1) is 15.6. The molecule has 0 spiro atoms. The normalized spacial score (nSPS) is 16.6. The predicted molar refractivity (Wildman–Crippen MR) is 122 cm³/mol. The van der Waals surface area contributed by atoms with Crippen molar-refractivity contribution in [1.82, 2.24) is 20.6 Å². The number of hydrogen-bond donors (Lipinski definition) is 4. The molecule has 2 amide bonds. The maximum absolute atomic E-state index is 13.1. The number of benzene rings is 1. The van der Waals surface area contributed by atoms with Crippen molar-refractivity contribution in [2.24, 2.45) is 0 Å². The van der Waals surface area contributed by atoms with Crippen molar-refractivity contribution in [3.63, 3.8) is 0 Å². The van der Waals surface area contributed by atoms with Gasteiger partial charge >= 0.3 is 0 Å². The molecule has 180 valence electrons. The minimum absolute atomic E-state index is 0.0293. The third-order valence-corrected chi connectivity index (χ3v) is 9.27. The number of carbonyl (C=O) groups is 2. The van der Waals surface area contributed by atoms with E-state index in [-0.39, 0.29) is 31.2 Å². The van der Waals surface area contributed by atoms with Gasteiger partial charge in [0.05, 0.1) is 24.2 Å². The Bertz CT molecular complexity index is 1110. The monoisotopic (exact) mass is 498 g/mol. The largest absolute Gasteiger partial charge is 0.395 e. The standard InChI is InChI=1S/C21H27ClN4O6S/c1-20(12-27,13-32-2)33(30,31)21(7-8-21)11-25-18(28)16-10-23-17(26-16)19(29)24-9-14-3-5-15(22)6-4-14/h3-6,10,27H,7-9,11-13H2,1-2H3,(H,23,26)(H,24,29)(H,25,28). The van der Waals surface area contributed by atoms with Gasteiger partial charge in [-0.15, -0.1) is 0 Å². The van der Waals surface area contributed by atoms with Crippen molar-refractivity contribution in [1.29, 1.82) is 0 Å². The third-order valence-electron chi connectivity index (χ3n) is 5.78. The van der Waals surface area contributed by atoms with Crippen LogP contribution in [-0.2, 0) is 21.1 Å². The summed E-state index contributed by atoms with van der Waals surface area (Å²) in [7, 11) is -2.44. The Hall–Kier alpha value is -2.47. The highest BCUT2D eigenvalue weighted by Crippen LogP contribution is 2.47. The maximum atomic E-state index is 13.1. The highest BCUT2D eigenvalue weighted by molar-refractivity contribution is 7.94. The molecule has 1 aromatic carbocycles. The Labute approximate surface area is 197 Å². The Kier molecular flexibility index (Phi) is 7.47. The lowest BCUT2D eigenvalue weighted by atomic mass is 10.2. The van der Waals surface area contributed by atoms with E-state index in [1.807, 2.05) is 0 Å². The molecule has 3 rings (SSSR count). The molecule has 1 heterocycles. The van der Waals surface area contributed by atoms with Crippen LogP contribution >= 0.6 is 11.6 Å². The van der Waals surface area contributed by atoms with E-state index in [9.17, 15) is 23.1 Å². The van der Waals surface area contributed by atoms with E-state index >= 15 is 0 Å². The van der Waals surface area contributed by atoms with Crippen molar-refractivity contribution in [2.45, 2.75) is 35.8 Å². The van der Waals surface area contributed by atoms with Crippen LogP contribution < -0.4 is 10.6 Å². The number of ether oxygens (including phenoxy) is 1. The molecule has 0 radical (unpaired) electrons. The molecule has 1 saturated carbocycles. The Morgan fingerprint density at radius 1 is 1.24 bits per heavy atom. The Morgan fingerprint density at radius 2 is 1.91 bits per heavy atom. The number of aromatic amines is 1. The number of carbonyl (C=O) groups excluding carboxylic acids is 2. The van der Waals surface area contributed by atoms with Gasteiger partial charge in [0.1, 0.15) is 10.4 Å². The van der Waals surface area contributed by atoms with Gasteiger partial charge in [-0.3, -0.25) is 9.59 Å². The Morgan fingerprint density at radius 3 is 2.48 bits per heavy atom. The van der Waals surface area contributed by atoms with E-state index in [4.69, 9.17) is 16.3 Å². The molecule has 10 nitrogen and oxygen atoms in total. The van der Waals surface area contributed by atoms with Gasteiger partial charge in [-0.05, 0) is 37.5 Å². The first-order valence-electron chi connectivity index (χ1n) is 10.3. The summed E-state index contributed by atoms with van der Waals surface area (Å²) in [4.78, 5) is 31.4. The molecule has 1 unspecified atom stereocenters. The van der Waals surface area contributed by atoms with Crippen molar-refractivity contribution in [3.05, 3.63) is 52.6 Å². The number of methoxy groups -OCH3 is 1. The summed E-state index contributed by atoms with van der Waals surface area (Å²) < 4.78 is 28.6. The van der Waals surface area contributed by atoms with E-state index in [1.54, 1.807) is 24.3 Å². The quantitative estimate of drug-likeness (QED) is 0.361. The lowest BCUT2D eigenvalue weighted by Crippen LogP contribution is -2.52. The molecule has 12 heteroatoms. The van der Waals surface area contributed by atoms with Crippen molar-refractivity contribution in [3.8, 4) is 0 Å². The van der Waals surface area contributed by atoms with Gasteiger partial charge in [-0.1, -0.05) is 23.7 Å². The summed E-state index contributed by atoms with van der Waals surface area (Å²) in [5, 5.41) is 15.6. The van der Waals surface area contributed by atoms with Crippen LogP contribution in [0.2, 0.25) is 5.02 Å². The van der Waals surface area contributed by atoms with Gasteiger partial charge in [0.15, 0.2) is 15.7 Å². The number of hydrogen-bond acceptors (Lipinski definition) is 7. The molecule has 1 aliphatic carbocycles. The topological polar surface area (TPSA) is 150 Å². The second-order valence-electron chi connectivity index (χ2n) is 8.36. The van der Waals surface area contributed by atoms with Gasteiger partial charge in [0.2, 0.25) is 0 Å². The van der Waals surface area contributed by atoms with Crippen molar-refractivity contribution < 1.29 is 27.9 Å². The number of rotatable bonds is 11. The molecule has 0 aliphatic heterocycles. The van der Waals surface area contributed by atoms with E-state index < -0.39 is 37.8 Å². The number of amides is 2. The van der Waals surface area contributed by atoms with Crippen LogP contribution in [0.4, 0.5) is 0 Å². The summed E-state index contributed by atoms with van der Waals surface area (Å²) in [5.74, 6) is -1.13. The van der Waals surface area contributed by atoms with Crippen LogP contribution in [-0.4, -0.2) is 71.7 Å². The first kappa shape index (κ1) is 25.2. The summed E-state index contributed by atoms with van der Waals surface area (Å²) >= 11 is 5.84. The highest BCUT2D eigenvalue weighted by Gasteiger charge is 2.61. The van der Waals surface area contributed by atoms with Crippen molar-refractivity contribution in [2.75, 3.05) is 26.9 Å². The number of aliphatic hydroxyl groups is 1. The zero-order chi connectivity index (χ0) is 24.3. The summed E-state index contributed by atoms with van der Waals surface area (Å²) in [6, 6.07) is 6.98. The lowest BCUT2D eigenvalue weighted by molar-refractivity contribution is 0.0941. The predicted octanol–water partition coefficient (Wildman–Crippen LogP) is 1.07. The van der Waals surface area contributed by atoms with Crippen LogP contribution in [0.3, 0.4) is 0 Å². The molecule has 1 atom stereocenters.